The lowest BCUT2D eigenvalue weighted by atomic mass is 9.83. The van der Waals surface area contributed by atoms with Gasteiger partial charge in [-0.05, 0) is 52.0 Å². The maximum absolute atomic E-state index is 12.4. The van der Waals surface area contributed by atoms with Crippen LogP contribution in [0.4, 0.5) is 0 Å². The number of allylic oxidation sites excluding steroid dienone is 4. The van der Waals surface area contributed by atoms with E-state index in [-0.39, 0.29) is 22.3 Å². The van der Waals surface area contributed by atoms with Crippen LogP contribution in [0.1, 0.15) is 40.5 Å². The molecule has 0 bridgehead atoms. The van der Waals surface area contributed by atoms with Crippen molar-refractivity contribution in [1.82, 2.24) is 10.6 Å². The van der Waals surface area contributed by atoms with E-state index in [4.69, 9.17) is 9.47 Å². The molecule has 192 valence electrons. The van der Waals surface area contributed by atoms with Crippen LogP contribution in [-0.2, 0) is 28.7 Å². The number of carboxylic acids is 2. The smallest absolute Gasteiger partial charge is 0.336 e. The van der Waals surface area contributed by atoms with E-state index < -0.39 is 35.7 Å². The van der Waals surface area contributed by atoms with Crippen LogP contribution < -0.4 is 10.6 Å². The molecule has 2 unspecified atom stereocenters. The molecule has 0 amide bonds. The van der Waals surface area contributed by atoms with Crippen molar-refractivity contribution in [3.8, 4) is 0 Å². The number of hydrogen-bond acceptors (Lipinski definition) is 9. The van der Waals surface area contributed by atoms with E-state index >= 15 is 0 Å². The molecule has 0 saturated carbocycles. The number of thioether (sulfide) groups is 1. The highest BCUT2D eigenvalue weighted by atomic mass is 32.2. The van der Waals surface area contributed by atoms with Crippen molar-refractivity contribution in [3.63, 3.8) is 0 Å². The minimum Gasteiger partial charge on any atom is -0.478 e. The van der Waals surface area contributed by atoms with Gasteiger partial charge in [-0.15, -0.1) is 0 Å². The number of carbonyl (C=O) groups excluding carboxylic acids is 2. The first kappa shape index (κ1) is 28.0. The lowest BCUT2D eigenvalue weighted by molar-refractivity contribution is -0.138. The highest BCUT2D eigenvalue weighted by molar-refractivity contribution is 7.99. The lowest BCUT2D eigenvalue weighted by Crippen LogP contribution is -2.33. The quantitative estimate of drug-likeness (QED) is 0.254. The van der Waals surface area contributed by atoms with Crippen molar-refractivity contribution in [2.45, 2.75) is 40.5 Å². The second-order valence-electron chi connectivity index (χ2n) is 8.29. The summed E-state index contributed by atoms with van der Waals surface area (Å²) >= 11 is 1.49. The summed E-state index contributed by atoms with van der Waals surface area (Å²) in [6.45, 7) is 6.72. The Kier molecular flexibility index (Phi) is 9.58. The molecule has 2 aliphatic rings. The van der Waals surface area contributed by atoms with Crippen LogP contribution in [0.3, 0.4) is 0 Å². The van der Waals surface area contributed by atoms with Crippen molar-refractivity contribution in [1.29, 1.82) is 0 Å². The highest BCUT2D eigenvalue weighted by Gasteiger charge is 2.37. The number of ether oxygens (including phenoxy) is 2. The van der Waals surface area contributed by atoms with Crippen LogP contribution in [0.5, 0.6) is 0 Å². The average molecular weight is 509 g/mol. The van der Waals surface area contributed by atoms with Gasteiger partial charge in [0.1, 0.15) is 0 Å². The molecule has 0 spiro atoms. The molecule has 35 heavy (non-hydrogen) atoms. The number of dihydropyridines is 2. The molecule has 2 aliphatic heterocycles. The van der Waals surface area contributed by atoms with Crippen molar-refractivity contribution >= 4 is 35.6 Å². The molecular formula is C24H32N2O8S. The summed E-state index contributed by atoms with van der Waals surface area (Å²) < 4.78 is 9.77. The summed E-state index contributed by atoms with van der Waals surface area (Å²) in [5.41, 5.74) is 2.87. The van der Waals surface area contributed by atoms with Gasteiger partial charge < -0.3 is 30.3 Å². The molecule has 0 fully saturated rings. The summed E-state index contributed by atoms with van der Waals surface area (Å²) in [6, 6.07) is 0. The topological polar surface area (TPSA) is 151 Å². The van der Waals surface area contributed by atoms with Gasteiger partial charge in [0.05, 0.1) is 36.5 Å². The Labute approximate surface area is 208 Å². The average Bonchev–Trinajstić information content (AvgIpc) is 2.76. The predicted octanol–water partition coefficient (Wildman–Crippen LogP) is 2.55. The molecular weight excluding hydrogens is 476 g/mol. The number of rotatable bonds is 10. The Balaban J connectivity index is 2.16. The van der Waals surface area contributed by atoms with Gasteiger partial charge in [0.2, 0.25) is 0 Å². The lowest BCUT2D eigenvalue weighted by Gasteiger charge is -2.29. The normalized spacial score (nSPS) is 20.4. The summed E-state index contributed by atoms with van der Waals surface area (Å²) in [6.07, 6.45) is 0.747. The van der Waals surface area contributed by atoms with Gasteiger partial charge in [-0.2, -0.15) is 11.8 Å². The van der Waals surface area contributed by atoms with E-state index in [9.17, 15) is 29.4 Å². The van der Waals surface area contributed by atoms with Crippen molar-refractivity contribution in [3.05, 3.63) is 45.1 Å². The van der Waals surface area contributed by atoms with Gasteiger partial charge in [-0.3, -0.25) is 0 Å². The molecule has 0 saturated heterocycles. The molecule has 0 aliphatic carbocycles. The van der Waals surface area contributed by atoms with Gasteiger partial charge in [-0.1, -0.05) is 0 Å². The van der Waals surface area contributed by atoms with Crippen LogP contribution in [0.15, 0.2) is 45.1 Å². The third-order valence-corrected chi connectivity index (χ3v) is 7.18. The first-order valence-corrected chi connectivity index (χ1v) is 12.2. The van der Waals surface area contributed by atoms with Gasteiger partial charge in [0.25, 0.3) is 0 Å². The third-order valence-electron chi connectivity index (χ3n) is 6.13. The fraction of sp³-hybridized carbons (Fsp3) is 0.500. The number of esters is 2. The maximum atomic E-state index is 12.4. The molecule has 0 aromatic heterocycles. The molecule has 2 heterocycles. The monoisotopic (exact) mass is 508 g/mol. The van der Waals surface area contributed by atoms with E-state index in [1.807, 2.05) is 0 Å². The van der Waals surface area contributed by atoms with Gasteiger partial charge >= 0.3 is 23.9 Å². The first-order valence-electron chi connectivity index (χ1n) is 11.0. The van der Waals surface area contributed by atoms with Crippen molar-refractivity contribution in [2.24, 2.45) is 11.8 Å². The SMILES string of the molecule is COC(=O)C1=C(C)NC(C)=C(C(=O)O)C1CCSCCC1C(C(=O)O)=C(C)NC(C)=C1C(=O)OC. The number of carbonyl (C=O) groups is 4. The van der Waals surface area contributed by atoms with Gasteiger partial charge in [-0.25, -0.2) is 19.2 Å². The van der Waals surface area contributed by atoms with Crippen molar-refractivity contribution in [2.75, 3.05) is 25.7 Å². The zero-order chi connectivity index (χ0) is 26.4. The molecule has 0 radical (unpaired) electrons. The molecule has 0 aromatic rings. The maximum Gasteiger partial charge on any atom is 0.336 e. The summed E-state index contributed by atoms with van der Waals surface area (Å²) in [4.78, 5) is 48.6. The zero-order valence-corrected chi connectivity index (χ0v) is 21.6. The number of aliphatic carboxylic acids is 2. The standard InChI is InChI=1S/C24H32N2O8S/c1-11-17(21(27)28)15(19(13(3)25-11)23(31)33-5)7-9-35-10-8-16-18(22(29)30)12(2)26-14(4)20(16)24(32)34-6/h15-16,25-26H,7-10H2,1-6H3,(H,27,28)(H,29,30). The van der Waals surface area contributed by atoms with Crippen LogP contribution in [0, 0.1) is 11.8 Å². The highest BCUT2D eigenvalue weighted by Crippen LogP contribution is 2.36. The van der Waals surface area contributed by atoms with Crippen LogP contribution in [0.2, 0.25) is 0 Å². The van der Waals surface area contributed by atoms with Gasteiger partial charge in [0.15, 0.2) is 0 Å². The van der Waals surface area contributed by atoms with Crippen LogP contribution >= 0.6 is 11.8 Å². The summed E-state index contributed by atoms with van der Waals surface area (Å²) in [7, 11) is 2.51. The number of methoxy groups -OCH3 is 2. The van der Waals surface area contributed by atoms with E-state index in [1.165, 1.54) is 26.0 Å². The molecule has 11 heteroatoms. The second-order valence-corrected chi connectivity index (χ2v) is 9.52. The second kappa shape index (κ2) is 12.0. The Bertz CT molecular complexity index is 972. The van der Waals surface area contributed by atoms with Crippen LogP contribution in [0.25, 0.3) is 0 Å². The minimum atomic E-state index is -1.11. The van der Waals surface area contributed by atoms with E-state index in [0.717, 1.165) is 0 Å². The Morgan fingerprint density at radius 2 is 1.00 bits per heavy atom. The fourth-order valence-corrected chi connectivity index (χ4v) is 5.69. The minimum absolute atomic E-state index is 0.119. The van der Waals surface area contributed by atoms with E-state index in [0.29, 0.717) is 47.1 Å². The van der Waals surface area contributed by atoms with E-state index in [2.05, 4.69) is 10.6 Å². The third kappa shape index (κ3) is 6.08. The predicted molar refractivity (Wildman–Crippen MR) is 130 cm³/mol. The Morgan fingerprint density at radius 3 is 1.29 bits per heavy atom. The molecule has 0 aromatic carbocycles. The fourth-order valence-electron chi connectivity index (χ4n) is 4.68. The van der Waals surface area contributed by atoms with E-state index in [1.54, 1.807) is 27.7 Å². The largest absolute Gasteiger partial charge is 0.478 e. The molecule has 2 atom stereocenters. The van der Waals surface area contributed by atoms with Crippen molar-refractivity contribution < 1.29 is 38.9 Å². The number of hydrogen-bond donors (Lipinski definition) is 4. The Morgan fingerprint density at radius 1 is 0.686 bits per heavy atom. The zero-order valence-electron chi connectivity index (χ0n) is 20.7. The number of carboxylic acid groups (broad SMARTS) is 2. The number of nitrogens with one attached hydrogen (secondary N) is 2. The summed E-state index contributed by atoms with van der Waals surface area (Å²) in [5.74, 6) is -3.65. The Hall–Kier alpha value is -3.21. The molecule has 2 rings (SSSR count). The first-order chi connectivity index (χ1) is 16.5. The summed E-state index contributed by atoms with van der Waals surface area (Å²) in [5, 5.41) is 25.4. The van der Waals surface area contributed by atoms with Crippen LogP contribution in [-0.4, -0.2) is 59.8 Å². The van der Waals surface area contributed by atoms with Gasteiger partial charge in [0, 0.05) is 34.6 Å². The molecule has 4 N–H and O–H groups in total. The molecule has 10 nitrogen and oxygen atoms in total.